The molecule has 2 aromatic rings. The van der Waals surface area contributed by atoms with E-state index < -0.39 is 0 Å². The van der Waals surface area contributed by atoms with Crippen LogP contribution in [0, 0.1) is 11.8 Å². The fourth-order valence-corrected chi connectivity index (χ4v) is 5.86. The first-order chi connectivity index (χ1) is 12.4. The molecule has 130 valence electrons. The fraction of sp³-hybridized carbons (Fsp3) is 0.500. The van der Waals surface area contributed by atoms with Crippen molar-refractivity contribution in [1.82, 2.24) is 0 Å². The molecule has 1 heterocycles. The lowest BCUT2D eigenvalue weighted by Crippen LogP contribution is -2.42. The van der Waals surface area contributed by atoms with E-state index in [2.05, 4.69) is 53.8 Å². The number of anilines is 1. The first-order valence-electron chi connectivity index (χ1n) is 10.4. The first-order valence-corrected chi connectivity index (χ1v) is 10.4. The second-order valence-electron chi connectivity index (χ2n) is 8.44. The number of hydrogen-bond donors (Lipinski definition) is 1. The monoisotopic (exact) mass is 331 g/mol. The van der Waals surface area contributed by atoms with Crippen LogP contribution in [0.3, 0.4) is 0 Å². The van der Waals surface area contributed by atoms with E-state index in [0.29, 0.717) is 0 Å². The maximum atomic E-state index is 4.02. The molecule has 0 bridgehead atoms. The molecule has 0 amide bonds. The predicted molar refractivity (Wildman–Crippen MR) is 106 cm³/mol. The van der Waals surface area contributed by atoms with Crippen molar-refractivity contribution >= 4 is 5.69 Å². The van der Waals surface area contributed by atoms with Gasteiger partial charge in [0, 0.05) is 11.7 Å². The van der Waals surface area contributed by atoms with Crippen LogP contribution in [0.1, 0.15) is 62.8 Å². The highest BCUT2D eigenvalue weighted by molar-refractivity contribution is 5.70. The van der Waals surface area contributed by atoms with Gasteiger partial charge < -0.3 is 5.32 Å². The normalized spacial score (nSPS) is 28.9. The molecule has 2 saturated carbocycles. The second kappa shape index (κ2) is 6.52. The van der Waals surface area contributed by atoms with Crippen molar-refractivity contribution in [1.29, 1.82) is 0 Å². The summed E-state index contributed by atoms with van der Waals surface area (Å²) in [6.07, 6.45) is 11.5. The quantitative estimate of drug-likeness (QED) is 0.652. The summed E-state index contributed by atoms with van der Waals surface area (Å²) < 4.78 is 0. The highest BCUT2D eigenvalue weighted by Gasteiger charge is 2.42. The van der Waals surface area contributed by atoms with Crippen molar-refractivity contribution < 1.29 is 0 Å². The van der Waals surface area contributed by atoms with Crippen LogP contribution in [0.4, 0.5) is 5.69 Å². The zero-order valence-electron chi connectivity index (χ0n) is 15.1. The predicted octanol–water partition coefficient (Wildman–Crippen LogP) is 6.61. The number of benzene rings is 2. The molecule has 2 aromatic carbocycles. The molecule has 25 heavy (non-hydrogen) atoms. The summed E-state index contributed by atoms with van der Waals surface area (Å²) in [5, 5.41) is 4.02. The Morgan fingerprint density at radius 1 is 0.720 bits per heavy atom. The number of nitrogens with one attached hydrogen (secondary N) is 1. The van der Waals surface area contributed by atoms with Gasteiger partial charge in [-0.2, -0.15) is 0 Å². The first kappa shape index (κ1) is 15.5. The molecule has 3 atom stereocenters. The maximum absolute atomic E-state index is 4.02. The molecule has 5 rings (SSSR count). The lowest BCUT2D eigenvalue weighted by Gasteiger charge is -2.43. The average molecular weight is 332 g/mol. The summed E-state index contributed by atoms with van der Waals surface area (Å²) in [6, 6.07) is 18.7. The second-order valence-corrected chi connectivity index (χ2v) is 8.44. The third-order valence-corrected chi connectivity index (χ3v) is 7.07. The molecule has 2 fully saturated rings. The highest BCUT2D eigenvalue weighted by Crippen LogP contribution is 2.51. The lowest BCUT2D eigenvalue weighted by molar-refractivity contribution is 0.242. The molecule has 3 aliphatic rings. The Hall–Kier alpha value is -1.76. The van der Waals surface area contributed by atoms with Gasteiger partial charge in [-0.05, 0) is 72.3 Å². The van der Waals surface area contributed by atoms with Crippen LogP contribution in [0.2, 0.25) is 0 Å². The number of hydrogen-bond acceptors (Lipinski definition) is 1. The van der Waals surface area contributed by atoms with Crippen molar-refractivity contribution in [3.8, 4) is 11.1 Å². The molecule has 0 saturated heterocycles. The molecule has 2 aliphatic carbocycles. The van der Waals surface area contributed by atoms with E-state index in [1.54, 1.807) is 5.56 Å². The fourth-order valence-electron chi connectivity index (χ4n) is 5.86. The Morgan fingerprint density at radius 3 is 2.40 bits per heavy atom. The smallest absolute Gasteiger partial charge is 0.0378 e. The van der Waals surface area contributed by atoms with E-state index in [1.807, 2.05) is 0 Å². The molecular formula is C24H29N. The maximum Gasteiger partial charge on any atom is 0.0378 e. The Morgan fingerprint density at radius 2 is 1.56 bits per heavy atom. The van der Waals surface area contributed by atoms with E-state index in [0.717, 1.165) is 23.8 Å². The minimum Gasteiger partial charge on any atom is -0.382 e. The Bertz CT molecular complexity index is 729. The van der Waals surface area contributed by atoms with Gasteiger partial charge in [0.1, 0.15) is 0 Å². The van der Waals surface area contributed by atoms with Gasteiger partial charge in [0.25, 0.3) is 0 Å². The summed E-state index contributed by atoms with van der Waals surface area (Å²) >= 11 is 0. The van der Waals surface area contributed by atoms with E-state index in [4.69, 9.17) is 0 Å². The molecular weight excluding hydrogens is 302 g/mol. The zero-order chi connectivity index (χ0) is 16.6. The van der Waals surface area contributed by atoms with Gasteiger partial charge in [0.2, 0.25) is 0 Å². The molecule has 0 radical (unpaired) electrons. The van der Waals surface area contributed by atoms with Gasteiger partial charge in [-0.1, -0.05) is 62.1 Å². The van der Waals surface area contributed by atoms with Gasteiger partial charge >= 0.3 is 0 Å². The van der Waals surface area contributed by atoms with E-state index >= 15 is 0 Å². The van der Waals surface area contributed by atoms with Crippen molar-refractivity contribution in [3.63, 3.8) is 0 Å². The summed E-state index contributed by atoms with van der Waals surface area (Å²) in [6.45, 7) is 0. The average Bonchev–Trinajstić information content (AvgIpc) is 3.18. The van der Waals surface area contributed by atoms with Gasteiger partial charge in [-0.15, -0.1) is 0 Å². The molecule has 0 aromatic heterocycles. The number of rotatable bonds is 2. The van der Waals surface area contributed by atoms with E-state index in [9.17, 15) is 0 Å². The molecule has 0 unspecified atom stereocenters. The Labute approximate surface area is 151 Å². The molecule has 1 N–H and O–H groups in total. The minimum atomic E-state index is 0.725. The van der Waals surface area contributed by atoms with Crippen molar-refractivity contribution in [2.45, 2.75) is 63.3 Å². The van der Waals surface area contributed by atoms with Crippen LogP contribution in [0.15, 0.2) is 48.5 Å². The van der Waals surface area contributed by atoms with Crippen molar-refractivity contribution in [3.05, 3.63) is 54.1 Å². The largest absolute Gasteiger partial charge is 0.382 e. The van der Waals surface area contributed by atoms with Gasteiger partial charge in [-0.25, -0.2) is 0 Å². The van der Waals surface area contributed by atoms with Crippen molar-refractivity contribution in [2.24, 2.45) is 11.8 Å². The highest BCUT2D eigenvalue weighted by atomic mass is 15.0. The van der Waals surface area contributed by atoms with Crippen LogP contribution in [-0.2, 0) is 0 Å². The van der Waals surface area contributed by atoms with Gasteiger partial charge in [0.15, 0.2) is 0 Å². The van der Waals surface area contributed by atoms with Crippen LogP contribution >= 0.6 is 0 Å². The zero-order valence-corrected chi connectivity index (χ0v) is 15.1. The molecule has 1 aliphatic heterocycles. The summed E-state index contributed by atoms with van der Waals surface area (Å²) in [5.41, 5.74) is 5.74. The number of fused-ring (bicyclic) bond motifs is 3. The minimum absolute atomic E-state index is 0.725. The standard InChI is InChI=1S/C24H29N/c1-3-8-17(9-4-1)19-14-15-23-22(16-19)20-12-7-13-21(20)24(25-23)18-10-5-2-6-11-18/h1,3-4,8-9,14-16,18,20-21,24-25H,2,5-7,10-13H2/t20-,21+,24+/m0/s1. The lowest BCUT2D eigenvalue weighted by atomic mass is 9.71. The topological polar surface area (TPSA) is 12.0 Å². The van der Waals surface area contributed by atoms with Crippen LogP contribution in [0.5, 0.6) is 0 Å². The van der Waals surface area contributed by atoms with E-state index in [-0.39, 0.29) is 0 Å². The SMILES string of the molecule is c1ccc(-c2ccc3c(c2)[C@H]2CCC[C@H]2[C@@H](C2CCCCC2)N3)cc1. The Kier molecular flexibility index (Phi) is 4.04. The molecule has 0 spiro atoms. The summed E-state index contributed by atoms with van der Waals surface area (Å²) in [5.74, 6) is 2.55. The summed E-state index contributed by atoms with van der Waals surface area (Å²) in [7, 11) is 0. The Balaban J connectivity index is 1.50. The van der Waals surface area contributed by atoms with E-state index in [1.165, 1.54) is 68.2 Å². The summed E-state index contributed by atoms with van der Waals surface area (Å²) in [4.78, 5) is 0. The van der Waals surface area contributed by atoms with Crippen LogP contribution < -0.4 is 5.32 Å². The van der Waals surface area contributed by atoms with Crippen LogP contribution in [0.25, 0.3) is 11.1 Å². The van der Waals surface area contributed by atoms with Gasteiger partial charge in [-0.3, -0.25) is 0 Å². The molecule has 1 nitrogen and oxygen atoms in total. The third-order valence-electron chi connectivity index (χ3n) is 7.07. The third kappa shape index (κ3) is 2.78. The molecule has 1 heteroatoms. The van der Waals surface area contributed by atoms with Gasteiger partial charge in [0.05, 0.1) is 0 Å². The van der Waals surface area contributed by atoms with Crippen molar-refractivity contribution in [2.75, 3.05) is 5.32 Å². The van der Waals surface area contributed by atoms with Crippen LogP contribution in [-0.4, -0.2) is 6.04 Å².